The number of carboxylic acid groups (broad SMARTS) is 1. The number of aryl methyl sites for hydroxylation is 1. The Morgan fingerprint density at radius 1 is 0.864 bits per heavy atom. The largest absolute Gasteiger partial charge is 0.478 e. The van der Waals surface area contributed by atoms with Crippen molar-refractivity contribution in [3.05, 3.63) is 130 Å². The smallest absolute Gasteiger partial charge is 0.336 e. The summed E-state index contributed by atoms with van der Waals surface area (Å²) in [5, 5.41) is 14.0. The van der Waals surface area contributed by atoms with Crippen molar-refractivity contribution in [2.75, 3.05) is 0 Å². The third kappa shape index (κ3) is 6.47. The maximum atomic E-state index is 13.6. The number of rotatable bonds is 11. The third-order valence-corrected chi connectivity index (χ3v) is 8.80. The molecule has 1 aromatic heterocycles. The van der Waals surface area contributed by atoms with Crippen LogP contribution in [0.4, 0.5) is 0 Å². The molecule has 5 rings (SSSR count). The number of carbonyl (C=O) groups is 2. The molecule has 4 aromatic carbocycles. The molecule has 0 saturated heterocycles. The molecule has 5 nitrogen and oxygen atoms in total. The zero-order valence-corrected chi connectivity index (χ0v) is 26.4. The van der Waals surface area contributed by atoms with Gasteiger partial charge in [-0.05, 0) is 83.8 Å². The number of amides is 1. The summed E-state index contributed by atoms with van der Waals surface area (Å²) in [6.45, 7) is 11.5. The summed E-state index contributed by atoms with van der Waals surface area (Å²) in [7, 11) is 0. The Morgan fingerprint density at radius 3 is 2.30 bits per heavy atom. The van der Waals surface area contributed by atoms with Gasteiger partial charge >= 0.3 is 5.97 Å². The van der Waals surface area contributed by atoms with Crippen LogP contribution in [-0.2, 0) is 6.54 Å². The van der Waals surface area contributed by atoms with Gasteiger partial charge in [0.2, 0.25) is 0 Å². The summed E-state index contributed by atoms with van der Waals surface area (Å²) in [6, 6.07) is 29.8. The van der Waals surface area contributed by atoms with E-state index < -0.39 is 5.97 Å². The lowest BCUT2D eigenvalue weighted by Crippen LogP contribution is -2.28. The zero-order valence-electron chi connectivity index (χ0n) is 26.4. The Balaban J connectivity index is 1.39. The lowest BCUT2D eigenvalue weighted by Gasteiger charge is -2.21. The summed E-state index contributed by atoms with van der Waals surface area (Å²) < 4.78 is 2.29. The average molecular weight is 587 g/mol. The van der Waals surface area contributed by atoms with Crippen LogP contribution in [0.1, 0.15) is 101 Å². The van der Waals surface area contributed by atoms with E-state index in [1.54, 1.807) is 12.1 Å². The predicted octanol–water partition coefficient (Wildman–Crippen LogP) is 9.46. The lowest BCUT2D eigenvalue weighted by molar-refractivity contribution is 0.0697. The van der Waals surface area contributed by atoms with Crippen molar-refractivity contribution < 1.29 is 14.7 Å². The summed E-state index contributed by atoms with van der Waals surface area (Å²) in [4.78, 5) is 25.3. The van der Waals surface area contributed by atoms with Crippen LogP contribution in [0.3, 0.4) is 0 Å². The van der Waals surface area contributed by atoms with Gasteiger partial charge in [-0.2, -0.15) is 0 Å². The van der Waals surface area contributed by atoms with Crippen LogP contribution >= 0.6 is 0 Å². The minimum absolute atomic E-state index is 0.0327. The Kier molecular flexibility index (Phi) is 9.34. The van der Waals surface area contributed by atoms with Gasteiger partial charge in [0.15, 0.2) is 0 Å². The molecular weight excluding hydrogens is 544 g/mol. The number of carboxylic acids is 1. The van der Waals surface area contributed by atoms with Crippen LogP contribution in [0.25, 0.3) is 22.0 Å². The Labute approximate surface area is 260 Å². The van der Waals surface area contributed by atoms with Crippen molar-refractivity contribution in [1.29, 1.82) is 0 Å². The fraction of sp³-hybridized carbons (Fsp3) is 0.282. The minimum Gasteiger partial charge on any atom is -0.478 e. The number of nitrogens with zero attached hydrogens (tertiary/aromatic N) is 1. The second-order valence-electron chi connectivity index (χ2n) is 12.1. The predicted molar refractivity (Wildman–Crippen MR) is 180 cm³/mol. The van der Waals surface area contributed by atoms with Gasteiger partial charge in [-0.25, -0.2) is 4.79 Å². The highest BCUT2D eigenvalue weighted by molar-refractivity contribution is 5.99. The summed E-state index contributed by atoms with van der Waals surface area (Å²) in [6.07, 6.45) is 3.03. The van der Waals surface area contributed by atoms with Gasteiger partial charge < -0.3 is 15.0 Å². The van der Waals surface area contributed by atoms with Gasteiger partial charge in [-0.15, -0.1) is 0 Å². The molecule has 0 aliphatic carbocycles. The monoisotopic (exact) mass is 586 g/mol. The average Bonchev–Trinajstić information content (AvgIpc) is 3.27. The number of hydrogen-bond acceptors (Lipinski definition) is 2. The van der Waals surface area contributed by atoms with Gasteiger partial charge in [-0.3, -0.25) is 4.79 Å². The molecule has 0 radical (unpaired) electrons. The molecule has 5 heteroatoms. The maximum Gasteiger partial charge on any atom is 0.336 e. The van der Waals surface area contributed by atoms with Crippen LogP contribution in [0.5, 0.6) is 0 Å². The van der Waals surface area contributed by atoms with Crippen LogP contribution in [0.2, 0.25) is 0 Å². The number of nitrogens with one attached hydrogen (secondary N) is 1. The molecule has 0 unspecified atom stereocenters. The normalized spacial score (nSPS) is 12.0. The van der Waals surface area contributed by atoms with E-state index in [-0.39, 0.29) is 11.9 Å². The number of fused-ring (bicyclic) bond motifs is 1. The second-order valence-corrected chi connectivity index (χ2v) is 12.1. The summed E-state index contributed by atoms with van der Waals surface area (Å²) in [5.41, 5.74) is 9.51. The highest BCUT2D eigenvalue weighted by Crippen LogP contribution is 2.30. The van der Waals surface area contributed by atoms with Crippen LogP contribution in [0, 0.1) is 13.8 Å². The second kappa shape index (κ2) is 13.3. The molecule has 0 bridgehead atoms. The molecule has 0 spiro atoms. The first-order chi connectivity index (χ1) is 21.2. The van der Waals surface area contributed by atoms with E-state index in [2.05, 4.69) is 87.0 Å². The molecule has 5 aromatic rings. The van der Waals surface area contributed by atoms with Crippen molar-refractivity contribution in [3.8, 4) is 11.1 Å². The fourth-order valence-corrected chi connectivity index (χ4v) is 6.00. The van der Waals surface area contributed by atoms with Gasteiger partial charge in [-0.1, -0.05) is 100 Å². The number of unbranched alkanes of at least 4 members (excludes halogenated alkanes) is 1. The van der Waals surface area contributed by atoms with Crippen LogP contribution in [0.15, 0.2) is 91.0 Å². The highest BCUT2D eigenvalue weighted by atomic mass is 16.4. The van der Waals surface area contributed by atoms with Crippen molar-refractivity contribution in [2.45, 2.75) is 72.4 Å². The van der Waals surface area contributed by atoms with E-state index in [0.29, 0.717) is 29.2 Å². The zero-order chi connectivity index (χ0) is 31.4. The van der Waals surface area contributed by atoms with Crippen LogP contribution < -0.4 is 5.32 Å². The summed E-state index contributed by atoms with van der Waals surface area (Å²) in [5.74, 6) is -0.550. The van der Waals surface area contributed by atoms with Crippen molar-refractivity contribution >= 4 is 22.8 Å². The fourth-order valence-electron chi connectivity index (χ4n) is 6.00. The molecule has 1 amide bonds. The quantitative estimate of drug-likeness (QED) is 0.162. The molecule has 0 aliphatic heterocycles. The van der Waals surface area contributed by atoms with Crippen molar-refractivity contribution in [1.82, 2.24) is 9.88 Å². The topological polar surface area (TPSA) is 71.3 Å². The molecule has 44 heavy (non-hydrogen) atoms. The minimum atomic E-state index is -0.931. The maximum absolute atomic E-state index is 13.6. The number of carbonyl (C=O) groups excluding carboxylic acids is 1. The SMILES string of the molecule is CCCC[C@H](NC(=O)c1ccc2c(c1)c(C)c(C)n2Cc1ccc(-c2ccccc2C(=O)O)cc1)c1cccc(C(C)C)c1. The number of benzene rings is 4. The lowest BCUT2D eigenvalue weighted by atomic mass is 9.95. The Hall–Kier alpha value is -4.64. The first-order valence-electron chi connectivity index (χ1n) is 15.6. The molecular formula is C39H42N2O3. The standard InChI is InChI=1S/C39H42N2O3/c1-6-7-15-36(31-12-10-11-30(22-31)25(2)3)40-38(42)32-20-21-37-35(23-32)26(4)27(5)41(37)24-28-16-18-29(19-17-28)33-13-8-9-14-34(33)39(43)44/h8-14,16-23,25,36H,6-7,15,24H2,1-5H3,(H,40,42)(H,43,44)/t36-/m0/s1. The molecule has 0 saturated carbocycles. The number of aromatic carboxylic acids is 1. The van der Waals surface area contributed by atoms with E-state index in [4.69, 9.17) is 0 Å². The Bertz CT molecular complexity index is 1800. The third-order valence-electron chi connectivity index (χ3n) is 8.80. The Morgan fingerprint density at radius 2 is 1.59 bits per heavy atom. The van der Waals surface area contributed by atoms with E-state index in [1.165, 1.54) is 5.56 Å². The highest BCUT2D eigenvalue weighted by Gasteiger charge is 2.19. The molecule has 226 valence electrons. The van der Waals surface area contributed by atoms with E-state index in [9.17, 15) is 14.7 Å². The van der Waals surface area contributed by atoms with E-state index in [1.807, 2.05) is 36.4 Å². The molecule has 2 N–H and O–H groups in total. The van der Waals surface area contributed by atoms with Gasteiger partial charge in [0, 0.05) is 28.7 Å². The molecule has 1 heterocycles. The van der Waals surface area contributed by atoms with E-state index >= 15 is 0 Å². The van der Waals surface area contributed by atoms with Crippen molar-refractivity contribution in [2.24, 2.45) is 0 Å². The first-order valence-corrected chi connectivity index (χ1v) is 15.6. The number of aromatic nitrogens is 1. The number of hydrogen-bond donors (Lipinski definition) is 2. The molecule has 1 atom stereocenters. The summed E-state index contributed by atoms with van der Waals surface area (Å²) >= 11 is 0. The molecule has 0 fully saturated rings. The van der Waals surface area contributed by atoms with Crippen LogP contribution in [-0.4, -0.2) is 21.6 Å². The van der Waals surface area contributed by atoms with Gasteiger partial charge in [0.05, 0.1) is 11.6 Å². The van der Waals surface area contributed by atoms with Gasteiger partial charge in [0.1, 0.15) is 0 Å². The van der Waals surface area contributed by atoms with Gasteiger partial charge in [0.25, 0.3) is 5.91 Å². The van der Waals surface area contributed by atoms with Crippen molar-refractivity contribution in [3.63, 3.8) is 0 Å². The van der Waals surface area contributed by atoms with E-state index in [0.717, 1.165) is 58.1 Å². The first kappa shape index (κ1) is 30.8. The molecule has 0 aliphatic rings.